The lowest BCUT2D eigenvalue weighted by Gasteiger charge is -2.30. The number of amides is 1. The third-order valence-electron chi connectivity index (χ3n) is 3.71. The molecule has 0 heterocycles. The summed E-state index contributed by atoms with van der Waals surface area (Å²) < 4.78 is 0. The van der Waals surface area contributed by atoms with Crippen LogP contribution in [0.5, 0.6) is 0 Å². The molecule has 0 aromatic heterocycles. The molecule has 0 saturated heterocycles. The molecule has 1 amide bonds. The Morgan fingerprint density at radius 2 is 2.17 bits per heavy atom. The van der Waals surface area contributed by atoms with Crippen LogP contribution in [0.4, 0.5) is 0 Å². The molecule has 5 N–H and O–H groups in total. The largest absolute Gasteiger partial charge is 0.481 e. The van der Waals surface area contributed by atoms with Gasteiger partial charge in [-0.25, -0.2) is 0 Å². The molecule has 0 radical (unpaired) electrons. The molecule has 6 heteroatoms. The molecule has 0 aromatic carbocycles. The maximum absolute atomic E-state index is 12.1. The summed E-state index contributed by atoms with van der Waals surface area (Å²) >= 11 is 0. The molecule has 1 saturated carbocycles. The van der Waals surface area contributed by atoms with Gasteiger partial charge in [-0.05, 0) is 26.7 Å². The number of aliphatic hydroxyl groups is 1. The molecule has 0 spiro atoms. The first-order valence-electron chi connectivity index (χ1n) is 6.15. The summed E-state index contributed by atoms with van der Waals surface area (Å²) in [6.07, 6.45) is 2.04. The van der Waals surface area contributed by atoms with Crippen LogP contribution in [0.3, 0.4) is 0 Å². The number of hydrogen-bond donors (Lipinski definition) is 4. The Morgan fingerprint density at radius 3 is 2.61 bits per heavy atom. The van der Waals surface area contributed by atoms with Crippen molar-refractivity contribution < 1.29 is 19.8 Å². The molecule has 3 unspecified atom stereocenters. The summed E-state index contributed by atoms with van der Waals surface area (Å²) in [4.78, 5) is 22.6. The molecule has 0 aliphatic heterocycles. The van der Waals surface area contributed by atoms with Gasteiger partial charge in [-0.3, -0.25) is 9.59 Å². The van der Waals surface area contributed by atoms with Crippen LogP contribution < -0.4 is 11.1 Å². The normalized spacial score (nSPS) is 30.8. The van der Waals surface area contributed by atoms with Crippen molar-refractivity contribution in [2.75, 3.05) is 6.54 Å². The Bertz CT molecular complexity index is 343. The molecule has 1 aliphatic rings. The zero-order valence-electron chi connectivity index (χ0n) is 10.9. The summed E-state index contributed by atoms with van der Waals surface area (Å²) in [5, 5.41) is 21.0. The van der Waals surface area contributed by atoms with Gasteiger partial charge in [0, 0.05) is 12.6 Å². The lowest BCUT2D eigenvalue weighted by atomic mass is 9.84. The topological polar surface area (TPSA) is 113 Å². The Hall–Kier alpha value is -1.14. The van der Waals surface area contributed by atoms with Crippen LogP contribution in [0, 0.1) is 5.41 Å². The minimum atomic E-state index is -1.44. The van der Waals surface area contributed by atoms with Gasteiger partial charge in [0.25, 0.3) is 0 Å². The van der Waals surface area contributed by atoms with Crippen LogP contribution in [-0.2, 0) is 9.59 Å². The van der Waals surface area contributed by atoms with E-state index in [-0.39, 0.29) is 18.5 Å². The van der Waals surface area contributed by atoms with Gasteiger partial charge in [-0.1, -0.05) is 6.42 Å². The highest BCUT2D eigenvalue weighted by Crippen LogP contribution is 2.36. The van der Waals surface area contributed by atoms with Crippen LogP contribution in [-0.4, -0.2) is 40.3 Å². The zero-order chi connectivity index (χ0) is 14.0. The first kappa shape index (κ1) is 14.9. The van der Waals surface area contributed by atoms with Crippen molar-refractivity contribution in [3.05, 3.63) is 0 Å². The van der Waals surface area contributed by atoms with Crippen LogP contribution in [0.1, 0.15) is 39.5 Å². The number of aliphatic carboxylic acids is 1. The second-order valence-electron chi connectivity index (χ2n) is 5.67. The highest BCUT2D eigenvalue weighted by atomic mass is 16.4. The SMILES string of the molecule is CC(O)(CNC(=O)C1(C)CCCC1N)CC(=O)O. The van der Waals surface area contributed by atoms with E-state index < -0.39 is 23.4 Å². The highest BCUT2D eigenvalue weighted by molar-refractivity contribution is 5.83. The number of carbonyl (C=O) groups excluding carboxylic acids is 1. The van der Waals surface area contributed by atoms with Gasteiger partial charge in [0.05, 0.1) is 17.4 Å². The lowest BCUT2D eigenvalue weighted by molar-refractivity contribution is -0.143. The number of hydrogen-bond acceptors (Lipinski definition) is 4. The maximum atomic E-state index is 12.1. The smallest absolute Gasteiger partial charge is 0.306 e. The van der Waals surface area contributed by atoms with Gasteiger partial charge in [0.2, 0.25) is 5.91 Å². The summed E-state index contributed by atoms with van der Waals surface area (Å²) in [6.45, 7) is 3.12. The van der Waals surface area contributed by atoms with Crippen molar-refractivity contribution in [1.29, 1.82) is 0 Å². The fourth-order valence-corrected chi connectivity index (χ4v) is 2.34. The van der Waals surface area contributed by atoms with E-state index in [2.05, 4.69) is 5.32 Å². The van der Waals surface area contributed by atoms with Gasteiger partial charge in [0.1, 0.15) is 0 Å². The molecule has 0 aromatic rings. The molecule has 0 bridgehead atoms. The number of carboxylic acid groups (broad SMARTS) is 1. The quantitative estimate of drug-likeness (QED) is 0.547. The molecule has 3 atom stereocenters. The number of nitrogens with one attached hydrogen (secondary N) is 1. The van der Waals surface area contributed by atoms with Gasteiger partial charge in [-0.2, -0.15) is 0 Å². The lowest BCUT2D eigenvalue weighted by Crippen LogP contribution is -2.51. The molecule has 1 rings (SSSR count). The first-order valence-corrected chi connectivity index (χ1v) is 6.15. The van der Waals surface area contributed by atoms with Crippen molar-refractivity contribution in [2.45, 2.75) is 51.2 Å². The Morgan fingerprint density at radius 1 is 1.56 bits per heavy atom. The van der Waals surface area contributed by atoms with Crippen molar-refractivity contribution in [3.8, 4) is 0 Å². The predicted octanol–water partition coefficient (Wildman–Crippen LogP) is -0.154. The van der Waals surface area contributed by atoms with Gasteiger partial charge in [0.15, 0.2) is 0 Å². The summed E-state index contributed by atoms with van der Waals surface area (Å²) in [5.74, 6) is -1.31. The highest BCUT2D eigenvalue weighted by Gasteiger charge is 2.43. The first-order chi connectivity index (χ1) is 8.17. The molecular formula is C12H22N2O4. The maximum Gasteiger partial charge on any atom is 0.306 e. The van der Waals surface area contributed by atoms with E-state index in [4.69, 9.17) is 10.8 Å². The van der Waals surface area contributed by atoms with E-state index in [0.29, 0.717) is 0 Å². The number of nitrogens with two attached hydrogens (primary N) is 1. The molecule has 104 valence electrons. The molecule has 18 heavy (non-hydrogen) atoms. The summed E-state index contributed by atoms with van der Waals surface area (Å²) in [6, 6.07) is -0.179. The van der Waals surface area contributed by atoms with Crippen molar-refractivity contribution in [1.82, 2.24) is 5.32 Å². The van der Waals surface area contributed by atoms with Crippen molar-refractivity contribution >= 4 is 11.9 Å². The molecule has 6 nitrogen and oxygen atoms in total. The van der Waals surface area contributed by atoms with E-state index in [1.807, 2.05) is 6.92 Å². The molecule has 1 fully saturated rings. The number of carboxylic acids is 1. The average Bonchev–Trinajstić information content (AvgIpc) is 2.55. The van der Waals surface area contributed by atoms with Gasteiger partial charge in [-0.15, -0.1) is 0 Å². The predicted molar refractivity (Wildman–Crippen MR) is 65.8 cm³/mol. The van der Waals surface area contributed by atoms with E-state index >= 15 is 0 Å². The van der Waals surface area contributed by atoms with E-state index in [0.717, 1.165) is 19.3 Å². The van der Waals surface area contributed by atoms with Crippen molar-refractivity contribution in [3.63, 3.8) is 0 Å². The second-order valence-corrected chi connectivity index (χ2v) is 5.67. The van der Waals surface area contributed by atoms with Crippen LogP contribution in [0.25, 0.3) is 0 Å². The number of rotatable bonds is 5. The fraction of sp³-hybridized carbons (Fsp3) is 0.833. The summed E-state index contributed by atoms with van der Waals surface area (Å²) in [5.41, 5.74) is 3.86. The van der Waals surface area contributed by atoms with E-state index in [9.17, 15) is 14.7 Å². The van der Waals surface area contributed by atoms with E-state index in [1.54, 1.807) is 0 Å². The summed E-state index contributed by atoms with van der Waals surface area (Å²) in [7, 11) is 0. The Kier molecular flexibility index (Phi) is 4.34. The minimum absolute atomic E-state index is 0.0829. The molecule has 1 aliphatic carbocycles. The van der Waals surface area contributed by atoms with Gasteiger partial charge < -0.3 is 21.3 Å². The van der Waals surface area contributed by atoms with Crippen LogP contribution in [0.2, 0.25) is 0 Å². The van der Waals surface area contributed by atoms with Crippen molar-refractivity contribution in [2.24, 2.45) is 11.1 Å². The monoisotopic (exact) mass is 258 g/mol. The van der Waals surface area contributed by atoms with E-state index in [1.165, 1.54) is 6.92 Å². The Labute approximate surface area is 107 Å². The second kappa shape index (κ2) is 5.24. The fourth-order valence-electron chi connectivity index (χ4n) is 2.34. The van der Waals surface area contributed by atoms with Crippen LogP contribution >= 0.6 is 0 Å². The Balaban J connectivity index is 2.53. The third kappa shape index (κ3) is 3.43. The minimum Gasteiger partial charge on any atom is -0.481 e. The third-order valence-corrected chi connectivity index (χ3v) is 3.71. The standard InChI is InChI=1S/C12H22N2O4/c1-11(18,6-9(15)16)7-14-10(17)12(2)5-3-4-8(12)13/h8,18H,3-7,13H2,1-2H3,(H,14,17)(H,15,16). The molecular weight excluding hydrogens is 236 g/mol. The van der Waals surface area contributed by atoms with Crippen LogP contribution in [0.15, 0.2) is 0 Å². The van der Waals surface area contributed by atoms with Gasteiger partial charge >= 0.3 is 5.97 Å². The average molecular weight is 258 g/mol. The zero-order valence-corrected chi connectivity index (χ0v) is 10.9. The number of carbonyl (C=O) groups is 2.